The zero-order valence-corrected chi connectivity index (χ0v) is 13.1. The minimum absolute atomic E-state index is 0.545. The highest BCUT2D eigenvalue weighted by atomic mass is 79.9. The number of benzene rings is 2. The van der Waals surface area contributed by atoms with Crippen LogP contribution in [-0.2, 0) is 12.8 Å². The van der Waals surface area contributed by atoms with E-state index in [9.17, 15) is 5.11 Å². The van der Waals surface area contributed by atoms with Crippen molar-refractivity contribution in [1.82, 2.24) is 0 Å². The van der Waals surface area contributed by atoms with Gasteiger partial charge in [-0.15, -0.1) is 0 Å². The van der Waals surface area contributed by atoms with Crippen LogP contribution >= 0.6 is 27.5 Å². The average Bonchev–Trinajstić information content (AvgIpc) is 2.88. The highest BCUT2D eigenvalue weighted by molar-refractivity contribution is 9.10. The lowest BCUT2D eigenvalue weighted by Gasteiger charge is -2.15. The number of hydrogen-bond donors (Lipinski definition) is 1. The van der Waals surface area contributed by atoms with Gasteiger partial charge in [-0.1, -0.05) is 39.7 Å². The van der Waals surface area contributed by atoms with Crippen molar-refractivity contribution in [2.45, 2.75) is 18.9 Å². The van der Waals surface area contributed by atoms with Crippen molar-refractivity contribution < 1.29 is 9.84 Å². The molecule has 104 valence electrons. The van der Waals surface area contributed by atoms with Crippen molar-refractivity contribution in [3.8, 4) is 5.75 Å². The molecule has 1 unspecified atom stereocenters. The Morgan fingerprint density at radius 3 is 2.75 bits per heavy atom. The molecule has 1 aliphatic heterocycles. The lowest BCUT2D eigenvalue weighted by Crippen LogP contribution is -2.04. The quantitative estimate of drug-likeness (QED) is 0.891. The molecule has 0 amide bonds. The predicted octanol–water partition coefficient (Wildman–Crippen LogP) is 4.31. The third-order valence-electron chi connectivity index (χ3n) is 3.48. The van der Waals surface area contributed by atoms with Gasteiger partial charge >= 0.3 is 0 Å². The van der Waals surface area contributed by atoms with E-state index in [1.54, 1.807) is 6.07 Å². The van der Waals surface area contributed by atoms with Crippen LogP contribution in [0.15, 0.2) is 40.9 Å². The topological polar surface area (TPSA) is 29.5 Å². The molecule has 2 nitrogen and oxygen atoms in total. The van der Waals surface area contributed by atoms with Crippen molar-refractivity contribution in [3.63, 3.8) is 0 Å². The number of hydrogen-bond acceptors (Lipinski definition) is 2. The lowest BCUT2D eigenvalue weighted by atomic mass is 9.98. The molecule has 20 heavy (non-hydrogen) atoms. The molecule has 0 aliphatic carbocycles. The number of halogens is 2. The Labute approximate surface area is 131 Å². The number of fused-ring (bicyclic) bond motifs is 1. The molecule has 0 bridgehead atoms. The van der Waals surface area contributed by atoms with E-state index < -0.39 is 6.10 Å². The molecule has 1 heterocycles. The van der Waals surface area contributed by atoms with Crippen LogP contribution in [0.3, 0.4) is 0 Å². The summed E-state index contributed by atoms with van der Waals surface area (Å²) < 4.78 is 6.67. The number of rotatable bonds is 3. The van der Waals surface area contributed by atoms with Crippen molar-refractivity contribution in [2.75, 3.05) is 6.61 Å². The van der Waals surface area contributed by atoms with Gasteiger partial charge in [0.05, 0.1) is 12.7 Å². The summed E-state index contributed by atoms with van der Waals surface area (Å²) >= 11 is 9.53. The van der Waals surface area contributed by atoms with Gasteiger partial charge in [-0.2, -0.15) is 0 Å². The standard InChI is InChI=1S/C16H14BrClO2/c17-12-3-1-10(2-4-12)7-15(19)14-9-13(18)8-11-5-6-20-16(11)14/h1-4,8-9,15,19H,5-7H2. The Balaban J connectivity index is 1.87. The van der Waals surface area contributed by atoms with Crippen molar-refractivity contribution >= 4 is 27.5 Å². The second kappa shape index (κ2) is 5.76. The number of aliphatic hydroxyl groups excluding tert-OH is 1. The van der Waals surface area contributed by atoms with Crippen molar-refractivity contribution in [1.29, 1.82) is 0 Å². The van der Waals surface area contributed by atoms with Crippen LogP contribution in [0, 0.1) is 0 Å². The van der Waals surface area contributed by atoms with E-state index in [4.69, 9.17) is 16.3 Å². The predicted molar refractivity (Wildman–Crippen MR) is 83.5 cm³/mol. The Bertz CT molecular complexity index is 625. The molecule has 4 heteroatoms. The molecule has 1 aliphatic rings. The fraction of sp³-hybridized carbons (Fsp3) is 0.250. The summed E-state index contributed by atoms with van der Waals surface area (Å²) in [6.45, 7) is 0.660. The van der Waals surface area contributed by atoms with Crippen LogP contribution < -0.4 is 4.74 Å². The fourth-order valence-electron chi connectivity index (χ4n) is 2.50. The maximum absolute atomic E-state index is 10.5. The molecule has 0 radical (unpaired) electrons. The van der Waals surface area contributed by atoms with Gasteiger partial charge in [0.25, 0.3) is 0 Å². The monoisotopic (exact) mass is 352 g/mol. The zero-order valence-electron chi connectivity index (χ0n) is 10.8. The van der Waals surface area contributed by atoms with Crippen LogP contribution in [0.2, 0.25) is 5.02 Å². The number of ether oxygens (including phenoxy) is 1. The summed E-state index contributed by atoms with van der Waals surface area (Å²) in [6.07, 6.45) is 0.791. The number of aliphatic hydroxyl groups is 1. The first-order valence-electron chi connectivity index (χ1n) is 6.51. The molecule has 0 saturated heterocycles. The van der Waals surface area contributed by atoms with Gasteiger partial charge in [0.15, 0.2) is 0 Å². The van der Waals surface area contributed by atoms with Gasteiger partial charge in [0.2, 0.25) is 0 Å². The summed E-state index contributed by atoms with van der Waals surface area (Å²) in [4.78, 5) is 0. The van der Waals surface area contributed by atoms with E-state index in [-0.39, 0.29) is 0 Å². The average molecular weight is 354 g/mol. The van der Waals surface area contributed by atoms with E-state index >= 15 is 0 Å². The molecule has 0 aromatic heterocycles. The zero-order chi connectivity index (χ0) is 14.1. The molecular formula is C16H14BrClO2. The Morgan fingerprint density at radius 1 is 1.25 bits per heavy atom. The van der Waals surface area contributed by atoms with E-state index in [1.807, 2.05) is 30.3 Å². The highest BCUT2D eigenvalue weighted by Gasteiger charge is 2.22. The van der Waals surface area contributed by atoms with Gasteiger partial charge in [-0.25, -0.2) is 0 Å². The van der Waals surface area contributed by atoms with Gasteiger partial charge < -0.3 is 9.84 Å². The minimum atomic E-state index is -0.610. The Morgan fingerprint density at radius 2 is 2.00 bits per heavy atom. The lowest BCUT2D eigenvalue weighted by molar-refractivity contribution is 0.173. The largest absolute Gasteiger partial charge is 0.493 e. The summed E-state index contributed by atoms with van der Waals surface area (Å²) in [5, 5.41) is 11.1. The highest BCUT2D eigenvalue weighted by Crippen LogP contribution is 2.37. The van der Waals surface area contributed by atoms with E-state index in [2.05, 4.69) is 15.9 Å². The van der Waals surface area contributed by atoms with Gasteiger partial charge in [-0.3, -0.25) is 0 Å². The molecule has 3 rings (SSSR count). The first-order valence-corrected chi connectivity index (χ1v) is 7.68. The third-order valence-corrected chi connectivity index (χ3v) is 4.23. The molecule has 0 fully saturated rings. The second-order valence-electron chi connectivity index (χ2n) is 4.93. The molecule has 1 atom stereocenters. The summed E-state index contributed by atoms with van der Waals surface area (Å²) in [6, 6.07) is 11.7. The molecule has 2 aromatic rings. The first-order chi connectivity index (χ1) is 9.63. The van der Waals surface area contributed by atoms with E-state index in [0.29, 0.717) is 18.1 Å². The SMILES string of the molecule is OC(Cc1ccc(Br)cc1)c1cc(Cl)cc2c1OCC2. The van der Waals surface area contributed by atoms with Crippen molar-refractivity contribution in [3.05, 3.63) is 62.6 Å². The minimum Gasteiger partial charge on any atom is -0.493 e. The first kappa shape index (κ1) is 13.9. The molecular weight excluding hydrogens is 340 g/mol. The summed E-state index contributed by atoms with van der Waals surface area (Å²) in [5.74, 6) is 0.805. The van der Waals surface area contributed by atoms with Gasteiger partial charge in [0, 0.05) is 27.9 Å². The van der Waals surface area contributed by atoms with Crippen LogP contribution in [-0.4, -0.2) is 11.7 Å². The third kappa shape index (κ3) is 2.85. The smallest absolute Gasteiger partial charge is 0.128 e. The van der Waals surface area contributed by atoms with Crippen LogP contribution in [0.1, 0.15) is 22.8 Å². The maximum Gasteiger partial charge on any atom is 0.128 e. The summed E-state index contributed by atoms with van der Waals surface area (Å²) in [7, 11) is 0. The molecule has 2 aromatic carbocycles. The normalized spacial score (nSPS) is 14.8. The van der Waals surface area contributed by atoms with Gasteiger partial charge in [-0.05, 0) is 35.4 Å². The van der Waals surface area contributed by atoms with Crippen LogP contribution in [0.4, 0.5) is 0 Å². The van der Waals surface area contributed by atoms with E-state index in [0.717, 1.165) is 33.3 Å². The Hall–Kier alpha value is -1.03. The maximum atomic E-state index is 10.5. The molecule has 0 spiro atoms. The van der Waals surface area contributed by atoms with Crippen LogP contribution in [0.5, 0.6) is 5.75 Å². The Kier molecular flexibility index (Phi) is 4.01. The summed E-state index contributed by atoms with van der Waals surface area (Å²) in [5.41, 5.74) is 2.95. The molecule has 0 saturated carbocycles. The van der Waals surface area contributed by atoms with Crippen molar-refractivity contribution in [2.24, 2.45) is 0 Å². The fourth-order valence-corrected chi connectivity index (χ4v) is 3.01. The van der Waals surface area contributed by atoms with Gasteiger partial charge in [0.1, 0.15) is 5.75 Å². The van der Waals surface area contributed by atoms with Crippen LogP contribution in [0.25, 0.3) is 0 Å². The molecule has 1 N–H and O–H groups in total. The van der Waals surface area contributed by atoms with E-state index in [1.165, 1.54) is 0 Å². The second-order valence-corrected chi connectivity index (χ2v) is 6.28.